The number of amides is 2. The number of anilines is 1. The highest BCUT2D eigenvalue weighted by molar-refractivity contribution is 6.07. The lowest BCUT2D eigenvalue weighted by Gasteiger charge is -2.41. The van der Waals surface area contributed by atoms with Crippen LogP contribution in [-0.2, 0) is 9.59 Å². The van der Waals surface area contributed by atoms with Crippen LogP contribution in [0.2, 0.25) is 0 Å². The molecule has 0 saturated carbocycles. The number of β-amino-alcohol motifs (C(OH)–C–C–N with tert-alkyl or cyclic N) is 1. The van der Waals surface area contributed by atoms with E-state index in [1.165, 1.54) is 0 Å². The summed E-state index contributed by atoms with van der Waals surface area (Å²) < 4.78 is 0. The zero-order valence-corrected chi connectivity index (χ0v) is 17.1. The van der Waals surface area contributed by atoms with Crippen LogP contribution in [-0.4, -0.2) is 71.6 Å². The number of piperazine rings is 1. The van der Waals surface area contributed by atoms with Crippen molar-refractivity contribution in [3.63, 3.8) is 0 Å². The number of benzene rings is 2. The molecule has 0 radical (unpaired) electrons. The minimum Gasteiger partial charge on any atom is -0.392 e. The van der Waals surface area contributed by atoms with E-state index in [9.17, 15) is 14.7 Å². The lowest BCUT2D eigenvalue weighted by molar-refractivity contribution is -0.138. The Bertz CT molecular complexity index is 908. The highest BCUT2D eigenvalue weighted by Gasteiger charge is 2.39. The SMILES string of the molecule is C[C@H](O)CN1CCN(C(=O)[C@@H]2CC(=O)N(c3cccc4ccccc34)C2)C[C@@H]1C. The Labute approximate surface area is 171 Å². The Kier molecular flexibility index (Phi) is 5.56. The summed E-state index contributed by atoms with van der Waals surface area (Å²) in [6, 6.07) is 14.2. The second-order valence-corrected chi connectivity index (χ2v) is 8.38. The molecule has 2 aliphatic heterocycles. The lowest BCUT2D eigenvalue weighted by atomic mass is 10.0. The lowest BCUT2D eigenvalue weighted by Crippen LogP contribution is -2.56. The van der Waals surface area contributed by atoms with Gasteiger partial charge < -0.3 is 14.9 Å². The van der Waals surface area contributed by atoms with Gasteiger partial charge in [0.1, 0.15) is 0 Å². The normalized spacial score (nSPS) is 24.3. The smallest absolute Gasteiger partial charge is 0.228 e. The molecule has 0 aliphatic carbocycles. The van der Waals surface area contributed by atoms with E-state index in [1.807, 2.05) is 47.4 Å². The molecular formula is C23H29N3O3. The minimum absolute atomic E-state index is 0.0143. The first-order valence-corrected chi connectivity index (χ1v) is 10.4. The van der Waals surface area contributed by atoms with Crippen molar-refractivity contribution in [3.8, 4) is 0 Å². The first-order chi connectivity index (χ1) is 13.9. The molecule has 2 aliphatic rings. The summed E-state index contributed by atoms with van der Waals surface area (Å²) in [6.07, 6.45) is -0.106. The van der Waals surface area contributed by atoms with E-state index < -0.39 is 0 Å². The van der Waals surface area contributed by atoms with Crippen molar-refractivity contribution in [3.05, 3.63) is 42.5 Å². The van der Waals surface area contributed by atoms with Gasteiger partial charge in [-0.3, -0.25) is 14.5 Å². The van der Waals surface area contributed by atoms with Crippen molar-refractivity contribution in [1.29, 1.82) is 0 Å². The monoisotopic (exact) mass is 395 g/mol. The summed E-state index contributed by atoms with van der Waals surface area (Å²) in [5.74, 6) is -0.206. The molecule has 0 unspecified atom stereocenters. The van der Waals surface area contributed by atoms with Gasteiger partial charge in [0.05, 0.1) is 17.7 Å². The number of carbonyl (C=O) groups excluding carboxylic acids is 2. The second-order valence-electron chi connectivity index (χ2n) is 8.38. The van der Waals surface area contributed by atoms with E-state index in [4.69, 9.17) is 0 Å². The number of nitrogens with zero attached hydrogens (tertiary/aromatic N) is 3. The fraction of sp³-hybridized carbons (Fsp3) is 0.478. The Hall–Kier alpha value is -2.44. The number of hydrogen-bond donors (Lipinski definition) is 1. The van der Waals surface area contributed by atoms with Gasteiger partial charge in [-0.15, -0.1) is 0 Å². The molecule has 0 spiro atoms. The number of fused-ring (bicyclic) bond motifs is 1. The summed E-state index contributed by atoms with van der Waals surface area (Å²) in [5, 5.41) is 11.8. The first-order valence-electron chi connectivity index (χ1n) is 10.4. The summed E-state index contributed by atoms with van der Waals surface area (Å²) >= 11 is 0. The quantitative estimate of drug-likeness (QED) is 0.861. The topological polar surface area (TPSA) is 64.1 Å². The van der Waals surface area contributed by atoms with Gasteiger partial charge in [-0.25, -0.2) is 0 Å². The fourth-order valence-electron chi connectivity index (χ4n) is 4.61. The van der Waals surface area contributed by atoms with Crippen LogP contribution >= 0.6 is 0 Å². The fourth-order valence-corrected chi connectivity index (χ4v) is 4.61. The van der Waals surface area contributed by atoms with Gasteiger partial charge in [-0.2, -0.15) is 0 Å². The first kappa shape index (κ1) is 19.9. The van der Waals surface area contributed by atoms with Crippen molar-refractivity contribution in [2.24, 2.45) is 5.92 Å². The van der Waals surface area contributed by atoms with Gasteiger partial charge in [0.15, 0.2) is 0 Å². The zero-order chi connectivity index (χ0) is 20.5. The van der Waals surface area contributed by atoms with E-state index in [1.54, 1.807) is 11.8 Å². The highest BCUT2D eigenvalue weighted by Crippen LogP contribution is 2.32. The Morgan fingerprint density at radius 3 is 2.66 bits per heavy atom. The maximum atomic E-state index is 13.1. The summed E-state index contributed by atoms with van der Waals surface area (Å²) in [4.78, 5) is 31.8. The van der Waals surface area contributed by atoms with E-state index >= 15 is 0 Å². The average Bonchev–Trinajstić information content (AvgIpc) is 3.09. The van der Waals surface area contributed by atoms with E-state index in [2.05, 4.69) is 11.8 Å². The van der Waals surface area contributed by atoms with Crippen LogP contribution in [0.1, 0.15) is 20.3 Å². The van der Waals surface area contributed by atoms with Crippen molar-refractivity contribution >= 4 is 28.3 Å². The van der Waals surface area contributed by atoms with Crippen LogP contribution in [0.15, 0.2) is 42.5 Å². The van der Waals surface area contributed by atoms with Crippen molar-refractivity contribution < 1.29 is 14.7 Å². The largest absolute Gasteiger partial charge is 0.392 e. The Morgan fingerprint density at radius 2 is 1.90 bits per heavy atom. The predicted octanol–water partition coefficient (Wildman–Crippen LogP) is 2.11. The van der Waals surface area contributed by atoms with Gasteiger partial charge in [-0.05, 0) is 25.3 Å². The van der Waals surface area contributed by atoms with Crippen LogP contribution in [0.25, 0.3) is 10.8 Å². The highest BCUT2D eigenvalue weighted by atomic mass is 16.3. The standard InChI is InChI=1S/C23H29N3O3/c1-16-13-25(11-10-24(16)14-17(2)27)23(29)19-12-22(28)26(15-19)21-9-5-7-18-6-3-4-8-20(18)21/h3-9,16-17,19,27H,10-15H2,1-2H3/t16-,17-,19+/m0/s1. The van der Waals surface area contributed by atoms with Crippen molar-refractivity contribution in [1.82, 2.24) is 9.80 Å². The van der Waals surface area contributed by atoms with E-state index in [0.717, 1.165) is 23.0 Å². The maximum absolute atomic E-state index is 13.1. The Balaban J connectivity index is 1.46. The molecule has 2 aromatic carbocycles. The third-order valence-electron chi connectivity index (χ3n) is 6.11. The van der Waals surface area contributed by atoms with Gasteiger partial charge in [0.25, 0.3) is 0 Å². The van der Waals surface area contributed by atoms with Crippen LogP contribution in [0.3, 0.4) is 0 Å². The zero-order valence-electron chi connectivity index (χ0n) is 17.1. The number of hydrogen-bond acceptors (Lipinski definition) is 4. The van der Waals surface area contributed by atoms with Gasteiger partial charge in [0.2, 0.25) is 11.8 Å². The predicted molar refractivity (Wildman–Crippen MR) is 114 cm³/mol. The second kappa shape index (κ2) is 8.13. The number of carbonyl (C=O) groups is 2. The van der Waals surface area contributed by atoms with Gasteiger partial charge >= 0.3 is 0 Å². The molecule has 6 heteroatoms. The third-order valence-corrected chi connectivity index (χ3v) is 6.11. The molecule has 3 atom stereocenters. The minimum atomic E-state index is -0.374. The average molecular weight is 396 g/mol. The maximum Gasteiger partial charge on any atom is 0.228 e. The third kappa shape index (κ3) is 4.00. The number of aliphatic hydroxyl groups is 1. The van der Waals surface area contributed by atoms with Crippen LogP contribution < -0.4 is 4.90 Å². The molecule has 2 aromatic rings. The van der Waals surface area contributed by atoms with E-state index in [0.29, 0.717) is 26.2 Å². The molecule has 29 heavy (non-hydrogen) atoms. The van der Waals surface area contributed by atoms with Crippen LogP contribution in [0.4, 0.5) is 5.69 Å². The summed E-state index contributed by atoms with van der Waals surface area (Å²) in [7, 11) is 0. The molecular weight excluding hydrogens is 366 g/mol. The van der Waals surface area contributed by atoms with Gasteiger partial charge in [-0.1, -0.05) is 36.4 Å². The Morgan fingerprint density at radius 1 is 1.14 bits per heavy atom. The molecule has 1 N–H and O–H groups in total. The molecule has 6 nitrogen and oxygen atoms in total. The van der Waals surface area contributed by atoms with Crippen LogP contribution in [0, 0.1) is 5.92 Å². The van der Waals surface area contributed by atoms with Crippen molar-refractivity contribution in [2.75, 3.05) is 37.6 Å². The molecule has 4 rings (SSSR count). The summed E-state index contributed by atoms with van der Waals surface area (Å²) in [6.45, 7) is 6.99. The summed E-state index contributed by atoms with van der Waals surface area (Å²) in [5.41, 5.74) is 0.888. The van der Waals surface area contributed by atoms with Crippen LogP contribution in [0.5, 0.6) is 0 Å². The molecule has 2 saturated heterocycles. The molecule has 2 heterocycles. The van der Waals surface area contributed by atoms with Gasteiger partial charge in [0, 0.05) is 50.6 Å². The van der Waals surface area contributed by atoms with Crippen molar-refractivity contribution in [2.45, 2.75) is 32.4 Å². The molecule has 0 aromatic heterocycles. The molecule has 0 bridgehead atoms. The van der Waals surface area contributed by atoms with E-state index in [-0.39, 0.29) is 36.3 Å². The molecule has 154 valence electrons. The number of rotatable bonds is 4. The molecule has 2 amide bonds. The molecule has 2 fully saturated rings. The number of aliphatic hydroxyl groups excluding tert-OH is 1.